The van der Waals surface area contributed by atoms with Gasteiger partial charge in [0.15, 0.2) is 0 Å². The van der Waals surface area contributed by atoms with Crippen LogP contribution in [0.2, 0.25) is 0 Å². The largest absolute Gasteiger partial charge is 0.297 e. The summed E-state index contributed by atoms with van der Waals surface area (Å²) in [5, 5.41) is 0. The molecule has 0 saturated carbocycles. The van der Waals surface area contributed by atoms with E-state index in [9.17, 15) is 9.59 Å². The van der Waals surface area contributed by atoms with Crippen LogP contribution in [0.5, 0.6) is 0 Å². The van der Waals surface area contributed by atoms with Crippen LogP contribution in [-0.4, -0.2) is 21.8 Å². The maximum Gasteiger partial charge on any atom is 0.259 e. The Kier molecular flexibility index (Phi) is 2.91. The van der Waals surface area contributed by atoms with Gasteiger partial charge in [0.25, 0.3) is 5.56 Å². The van der Waals surface area contributed by atoms with Crippen molar-refractivity contribution in [1.29, 1.82) is 0 Å². The van der Waals surface area contributed by atoms with Crippen LogP contribution in [0.4, 0.5) is 5.82 Å². The Balaban J connectivity index is 2.64. The Labute approximate surface area is 98.3 Å². The lowest BCUT2D eigenvalue weighted by Gasteiger charge is -2.17. The Morgan fingerprint density at radius 1 is 1.47 bits per heavy atom. The average molecular weight is 231 g/mol. The van der Waals surface area contributed by atoms with Crippen molar-refractivity contribution in [3.63, 3.8) is 0 Å². The van der Waals surface area contributed by atoms with Gasteiger partial charge in [0.2, 0.25) is 5.91 Å². The molecule has 17 heavy (non-hydrogen) atoms. The van der Waals surface area contributed by atoms with Crippen molar-refractivity contribution in [2.45, 2.75) is 13.8 Å². The number of hydrogen-bond acceptors (Lipinski definition) is 3. The number of rotatable bonds is 2. The summed E-state index contributed by atoms with van der Waals surface area (Å²) in [6.07, 6.45) is 1.65. The lowest BCUT2D eigenvalue weighted by molar-refractivity contribution is -0.116. The number of nitrogens with zero attached hydrogens (tertiary/aromatic N) is 3. The molecule has 0 aliphatic carbocycles. The average Bonchev–Trinajstić information content (AvgIpc) is 2.29. The molecule has 0 saturated heterocycles. The van der Waals surface area contributed by atoms with Crippen LogP contribution in [0.15, 0.2) is 35.3 Å². The Morgan fingerprint density at radius 2 is 2.24 bits per heavy atom. The molecule has 5 nitrogen and oxygen atoms in total. The summed E-state index contributed by atoms with van der Waals surface area (Å²) in [6, 6.07) is 6.67. The number of aromatic nitrogens is 2. The van der Waals surface area contributed by atoms with Gasteiger partial charge in [0.05, 0.1) is 0 Å². The van der Waals surface area contributed by atoms with Gasteiger partial charge in [-0.15, -0.1) is 0 Å². The van der Waals surface area contributed by atoms with Gasteiger partial charge in [-0.1, -0.05) is 6.07 Å². The molecular formula is C12H13N3O2. The highest BCUT2D eigenvalue weighted by molar-refractivity contribution is 5.90. The lowest BCUT2D eigenvalue weighted by Crippen LogP contribution is -2.30. The fraction of sp³-hybridized carbons (Fsp3) is 0.250. The van der Waals surface area contributed by atoms with Crippen LogP contribution in [0.25, 0.3) is 5.65 Å². The highest BCUT2D eigenvalue weighted by Gasteiger charge is 2.12. The van der Waals surface area contributed by atoms with Crippen molar-refractivity contribution in [3.8, 4) is 0 Å². The molecule has 0 radical (unpaired) electrons. The van der Waals surface area contributed by atoms with E-state index in [1.165, 1.54) is 22.3 Å². The highest BCUT2D eigenvalue weighted by Crippen LogP contribution is 2.09. The summed E-state index contributed by atoms with van der Waals surface area (Å²) in [6.45, 7) is 3.79. The number of anilines is 1. The van der Waals surface area contributed by atoms with Gasteiger partial charge in [-0.3, -0.25) is 18.9 Å². The monoisotopic (exact) mass is 231 g/mol. The first-order valence-corrected chi connectivity index (χ1v) is 5.40. The molecule has 0 bridgehead atoms. The third kappa shape index (κ3) is 2.04. The van der Waals surface area contributed by atoms with Gasteiger partial charge in [-0.25, -0.2) is 4.98 Å². The second kappa shape index (κ2) is 4.37. The SMILES string of the molecule is CCN(C(C)=O)c1cc(=O)n2ccccc2n1. The third-order valence-electron chi connectivity index (χ3n) is 2.53. The van der Waals surface area contributed by atoms with Crippen molar-refractivity contribution >= 4 is 17.4 Å². The van der Waals surface area contributed by atoms with Crippen LogP contribution in [0.3, 0.4) is 0 Å². The molecule has 2 rings (SSSR count). The van der Waals surface area contributed by atoms with Crippen molar-refractivity contribution < 1.29 is 4.79 Å². The second-order valence-electron chi connectivity index (χ2n) is 3.64. The van der Waals surface area contributed by atoms with Gasteiger partial charge < -0.3 is 0 Å². The third-order valence-corrected chi connectivity index (χ3v) is 2.53. The number of hydrogen-bond donors (Lipinski definition) is 0. The van der Waals surface area contributed by atoms with E-state index in [2.05, 4.69) is 4.98 Å². The zero-order valence-electron chi connectivity index (χ0n) is 9.75. The number of carbonyl (C=O) groups excluding carboxylic acids is 1. The fourth-order valence-electron chi connectivity index (χ4n) is 1.73. The minimum atomic E-state index is -0.190. The molecule has 88 valence electrons. The number of amides is 1. The molecule has 2 heterocycles. The van der Waals surface area contributed by atoms with Gasteiger partial charge in [-0.2, -0.15) is 0 Å². The maximum absolute atomic E-state index is 11.8. The summed E-state index contributed by atoms with van der Waals surface area (Å²) in [7, 11) is 0. The number of fused-ring (bicyclic) bond motifs is 1. The molecule has 0 unspecified atom stereocenters. The molecule has 5 heteroatoms. The number of pyridine rings is 1. The van der Waals surface area contributed by atoms with Gasteiger partial charge in [0.1, 0.15) is 11.5 Å². The summed E-state index contributed by atoms with van der Waals surface area (Å²) in [5.74, 6) is 0.274. The van der Waals surface area contributed by atoms with Crippen molar-refractivity contribution in [2.24, 2.45) is 0 Å². The molecule has 0 atom stereocenters. The fourth-order valence-corrected chi connectivity index (χ4v) is 1.73. The van der Waals surface area contributed by atoms with Crippen molar-refractivity contribution in [1.82, 2.24) is 9.38 Å². The zero-order chi connectivity index (χ0) is 12.4. The number of carbonyl (C=O) groups is 1. The van der Waals surface area contributed by atoms with E-state index in [4.69, 9.17) is 0 Å². The van der Waals surface area contributed by atoms with E-state index in [1.54, 1.807) is 24.4 Å². The summed E-state index contributed by atoms with van der Waals surface area (Å²) in [4.78, 5) is 29.0. The minimum absolute atomic E-state index is 0.125. The first-order chi connectivity index (χ1) is 8.13. The van der Waals surface area contributed by atoms with E-state index in [1.807, 2.05) is 6.92 Å². The van der Waals surface area contributed by atoms with E-state index in [0.29, 0.717) is 18.0 Å². The maximum atomic E-state index is 11.8. The molecule has 2 aromatic heterocycles. The van der Waals surface area contributed by atoms with Gasteiger partial charge >= 0.3 is 0 Å². The molecule has 0 N–H and O–H groups in total. The predicted molar refractivity (Wildman–Crippen MR) is 65.2 cm³/mol. The lowest BCUT2D eigenvalue weighted by atomic mass is 10.4. The normalized spacial score (nSPS) is 10.5. The first kappa shape index (κ1) is 11.3. The van der Waals surface area contributed by atoms with Crippen molar-refractivity contribution in [2.75, 3.05) is 11.4 Å². The zero-order valence-corrected chi connectivity index (χ0v) is 9.75. The van der Waals surface area contributed by atoms with Crippen LogP contribution in [0, 0.1) is 0 Å². The van der Waals surface area contributed by atoms with E-state index in [0.717, 1.165) is 0 Å². The Hall–Kier alpha value is -2.17. The Bertz CT molecular complexity index is 618. The topological polar surface area (TPSA) is 54.7 Å². The molecule has 0 aliphatic rings. The predicted octanol–water partition coefficient (Wildman–Crippen LogP) is 1.07. The van der Waals surface area contributed by atoms with Crippen LogP contribution < -0.4 is 10.5 Å². The van der Waals surface area contributed by atoms with E-state index < -0.39 is 0 Å². The molecule has 0 aromatic carbocycles. The second-order valence-corrected chi connectivity index (χ2v) is 3.64. The molecule has 0 fully saturated rings. The minimum Gasteiger partial charge on any atom is -0.297 e. The van der Waals surface area contributed by atoms with Crippen LogP contribution in [0.1, 0.15) is 13.8 Å². The smallest absolute Gasteiger partial charge is 0.259 e. The standard InChI is InChI=1S/C12H13N3O2/c1-3-14(9(2)16)11-8-12(17)15-7-5-4-6-10(15)13-11/h4-8H,3H2,1-2H3. The van der Waals surface area contributed by atoms with Crippen LogP contribution in [-0.2, 0) is 4.79 Å². The van der Waals surface area contributed by atoms with Crippen molar-refractivity contribution in [3.05, 3.63) is 40.8 Å². The van der Waals surface area contributed by atoms with Crippen LogP contribution >= 0.6 is 0 Å². The quantitative estimate of drug-likeness (QED) is 0.776. The van der Waals surface area contributed by atoms with E-state index >= 15 is 0 Å². The summed E-state index contributed by atoms with van der Waals surface area (Å²) in [5.41, 5.74) is 0.347. The molecular weight excluding hydrogens is 218 g/mol. The summed E-state index contributed by atoms with van der Waals surface area (Å²) < 4.78 is 1.44. The molecule has 0 aliphatic heterocycles. The first-order valence-electron chi connectivity index (χ1n) is 5.40. The Morgan fingerprint density at radius 3 is 2.88 bits per heavy atom. The highest BCUT2D eigenvalue weighted by atomic mass is 16.2. The van der Waals surface area contributed by atoms with Gasteiger partial charge in [-0.05, 0) is 19.1 Å². The van der Waals surface area contributed by atoms with E-state index in [-0.39, 0.29) is 11.5 Å². The van der Waals surface area contributed by atoms with Gasteiger partial charge in [0, 0.05) is 25.7 Å². The molecule has 1 amide bonds. The molecule has 2 aromatic rings. The molecule has 0 spiro atoms. The summed E-state index contributed by atoms with van der Waals surface area (Å²) >= 11 is 0.